The molecule has 8 nitrogen and oxygen atoms in total. The molecule has 294 valence electrons. The van der Waals surface area contributed by atoms with E-state index in [9.17, 15) is 0 Å². The lowest BCUT2D eigenvalue weighted by Gasteiger charge is -2.23. The van der Waals surface area contributed by atoms with Crippen LogP contribution in [0.5, 0.6) is 11.5 Å². The Hall–Kier alpha value is -5.98. The summed E-state index contributed by atoms with van der Waals surface area (Å²) < 4.78 is 13.6. The van der Waals surface area contributed by atoms with Crippen LogP contribution < -0.4 is 9.31 Å². The highest BCUT2D eigenvalue weighted by Gasteiger charge is 2.34. The quantitative estimate of drug-likeness (QED) is 0.163. The summed E-state index contributed by atoms with van der Waals surface area (Å²) in [6.07, 6.45) is 1.91. The first kappa shape index (κ1) is 38.9. The minimum absolute atomic E-state index is 0.0542. The molecule has 3 aromatic heterocycles. The van der Waals surface area contributed by atoms with Gasteiger partial charge in [0.25, 0.3) is 11.4 Å². The van der Waals surface area contributed by atoms with E-state index < -0.39 is 0 Å². The molecule has 58 heavy (non-hydrogen) atoms. The highest BCUT2D eigenvalue weighted by molar-refractivity contribution is 6.11. The molecule has 0 aliphatic carbocycles. The van der Waals surface area contributed by atoms with Crippen LogP contribution in [0.4, 0.5) is 17.1 Å². The Bertz CT molecular complexity index is 2810. The first-order valence-corrected chi connectivity index (χ1v) is 20.2. The summed E-state index contributed by atoms with van der Waals surface area (Å²) in [4.78, 5) is 20.4. The normalized spacial score (nSPS) is 13.5. The second kappa shape index (κ2) is 13.6. The zero-order valence-electron chi connectivity index (χ0n) is 36.3. The predicted octanol–water partition coefficient (Wildman–Crippen LogP) is 12.3. The molecule has 0 unspecified atom stereocenters. The van der Waals surface area contributed by atoms with Gasteiger partial charge in [-0.25, -0.2) is 19.9 Å². The summed E-state index contributed by atoms with van der Waals surface area (Å²) in [6.45, 7) is 26.3. The van der Waals surface area contributed by atoms with Crippen molar-refractivity contribution < 1.29 is 9.31 Å². The number of hydrogen-bond acceptors (Lipinski definition) is 5. The fraction of sp³-hybridized carbons (Fsp3) is 0.340. The van der Waals surface area contributed by atoms with Gasteiger partial charge in [-0.05, 0) is 56.9 Å². The summed E-state index contributed by atoms with van der Waals surface area (Å²) in [7, 11) is 2.03. The summed E-state index contributed by atoms with van der Waals surface area (Å²) in [6, 6.07) is 35.6. The van der Waals surface area contributed by atoms with E-state index in [1.807, 2.05) is 17.8 Å². The topological polar surface area (TPSA) is 71.7 Å². The molecule has 4 heterocycles. The molecule has 1 aliphatic rings. The summed E-state index contributed by atoms with van der Waals surface area (Å²) in [5.74, 6) is 4.24. The Labute approximate surface area is 342 Å². The fourth-order valence-electron chi connectivity index (χ4n) is 7.40. The molecule has 8 rings (SSSR count). The van der Waals surface area contributed by atoms with E-state index in [1.165, 1.54) is 5.56 Å². The molecular formula is C50H55N7O+2. The van der Waals surface area contributed by atoms with Gasteiger partial charge in [0.15, 0.2) is 12.9 Å². The largest absolute Gasteiger partial charge is 0.496 e. The van der Waals surface area contributed by atoms with Crippen molar-refractivity contribution in [3.05, 3.63) is 120 Å². The summed E-state index contributed by atoms with van der Waals surface area (Å²) in [5.41, 5.74) is 7.43. The van der Waals surface area contributed by atoms with E-state index in [2.05, 4.69) is 189 Å². The van der Waals surface area contributed by atoms with E-state index >= 15 is 0 Å². The maximum absolute atomic E-state index is 7.24. The van der Waals surface area contributed by atoms with Crippen molar-refractivity contribution in [2.45, 2.75) is 105 Å². The molecule has 0 saturated heterocycles. The minimum Gasteiger partial charge on any atom is -0.456 e. The van der Waals surface area contributed by atoms with Gasteiger partial charge in [0.05, 0.1) is 22.7 Å². The second-order valence-corrected chi connectivity index (χ2v) is 19.7. The van der Waals surface area contributed by atoms with Crippen molar-refractivity contribution in [3.8, 4) is 28.7 Å². The SMILES string of the molecule is C[N+]1=C=[N+](c2cc(Oc3cc4c(cc3-c3nc(C(C)(C)C)nc(C(C)(C)C)n3)c3ccccc3n4-c3cc(C(C)(C)C)ccn3)cc(C(C)(C)C)c2)c2ccccc21. The zero-order valence-corrected chi connectivity index (χ0v) is 36.3. The number of pyridine rings is 1. The Morgan fingerprint density at radius 3 is 1.88 bits per heavy atom. The highest BCUT2D eigenvalue weighted by atomic mass is 16.5. The van der Waals surface area contributed by atoms with Crippen molar-refractivity contribution in [1.29, 1.82) is 0 Å². The number of hydrogen-bond donors (Lipinski definition) is 0. The van der Waals surface area contributed by atoms with Crippen LogP contribution in [0.2, 0.25) is 0 Å². The van der Waals surface area contributed by atoms with Gasteiger partial charge in [0, 0.05) is 52.1 Å². The summed E-state index contributed by atoms with van der Waals surface area (Å²) in [5, 5.41) is 2.16. The average Bonchev–Trinajstić information content (AvgIpc) is 3.67. The van der Waals surface area contributed by atoms with E-state index in [-0.39, 0.29) is 21.7 Å². The molecule has 0 radical (unpaired) electrons. The molecule has 0 bridgehead atoms. The second-order valence-electron chi connectivity index (χ2n) is 19.7. The van der Waals surface area contributed by atoms with Gasteiger partial charge in [0.1, 0.15) is 29.0 Å². The molecule has 0 saturated carbocycles. The van der Waals surface area contributed by atoms with Gasteiger partial charge >= 0.3 is 6.01 Å². The standard InChI is InChI=1S/C50H55N7O/c1-47(2,3)31-22-23-51-43(26-31)57-38-19-15-14-18-35(38)36-28-37(44-52-45(49(7,8)9)54-46(53-44)50(10,11)12)42(29-41(36)57)58-34-25-32(48(4,5)6)24-33(27-34)56-30-55(13)39-20-16-17-21-40(39)56/h14-29H,1-13H3/q+2. The third kappa shape index (κ3) is 7.11. The lowest BCUT2D eigenvalue weighted by atomic mass is 9.86. The lowest BCUT2D eigenvalue weighted by Crippen LogP contribution is -2.24. The van der Waals surface area contributed by atoms with Crippen LogP contribution in [0.25, 0.3) is 39.0 Å². The molecule has 4 aromatic carbocycles. The van der Waals surface area contributed by atoms with E-state index in [1.54, 1.807) is 0 Å². The number of ether oxygens (including phenoxy) is 1. The smallest absolute Gasteiger partial charge is 0.456 e. The molecule has 0 N–H and O–H groups in total. The lowest BCUT2D eigenvalue weighted by molar-refractivity contribution is -0.394. The molecule has 0 atom stereocenters. The monoisotopic (exact) mass is 769 g/mol. The molecule has 0 fully saturated rings. The van der Waals surface area contributed by atoms with E-state index in [0.717, 1.165) is 67.5 Å². The number of fused-ring (bicyclic) bond motifs is 4. The molecule has 1 aliphatic heterocycles. The minimum atomic E-state index is -0.315. The predicted molar refractivity (Wildman–Crippen MR) is 237 cm³/mol. The first-order valence-electron chi connectivity index (χ1n) is 20.2. The van der Waals surface area contributed by atoms with Crippen LogP contribution in [0, 0.1) is 0 Å². The van der Waals surface area contributed by atoms with Crippen LogP contribution in [0.15, 0.2) is 97.2 Å². The zero-order chi connectivity index (χ0) is 41.5. The molecule has 0 spiro atoms. The maximum Gasteiger partial charge on any atom is 0.496 e. The van der Waals surface area contributed by atoms with Crippen molar-refractivity contribution in [2.24, 2.45) is 0 Å². The van der Waals surface area contributed by atoms with Gasteiger partial charge in [-0.2, -0.15) is 0 Å². The van der Waals surface area contributed by atoms with Gasteiger partial charge in [-0.1, -0.05) is 118 Å². The third-order valence-corrected chi connectivity index (χ3v) is 10.8. The van der Waals surface area contributed by atoms with E-state index in [4.69, 9.17) is 24.7 Å². The maximum atomic E-state index is 7.24. The van der Waals surface area contributed by atoms with Gasteiger partial charge in [-0.15, -0.1) is 0 Å². The Morgan fingerprint density at radius 2 is 1.22 bits per heavy atom. The fourth-order valence-corrected chi connectivity index (χ4v) is 7.40. The highest BCUT2D eigenvalue weighted by Crippen LogP contribution is 2.44. The van der Waals surface area contributed by atoms with Crippen LogP contribution in [-0.2, 0) is 21.7 Å². The number of benzene rings is 4. The van der Waals surface area contributed by atoms with Crippen LogP contribution in [0.3, 0.4) is 0 Å². The Morgan fingerprint density at radius 1 is 0.586 bits per heavy atom. The van der Waals surface area contributed by atoms with Crippen LogP contribution >= 0.6 is 0 Å². The van der Waals surface area contributed by atoms with Gasteiger partial charge < -0.3 is 4.74 Å². The van der Waals surface area contributed by atoms with Crippen molar-refractivity contribution in [1.82, 2.24) is 29.1 Å². The average molecular weight is 770 g/mol. The van der Waals surface area contributed by atoms with Crippen molar-refractivity contribution in [2.75, 3.05) is 7.05 Å². The Kier molecular flexibility index (Phi) is 9.09. The number of rotatable bonds is 5. The third-order valence-electron chi connectivity index (χ3n) is 10.8. The van der Waals surface area contributed by atoms with Gasteiger partial charge in [-0.3, -0.25) is 4.57 Å². The molecule has 7 aromatic rings. The van der Waals surface area contributed by atoms with E-state index in [0.29, 0.717) is 17.3 Å². The van der Waals surface area contributed by atoms with Crippen LogP contribution in [-0.4, -0.2) is 42.1 Å². The van der Waals surface area contributed by atoms with Crippen molar-refractivity contribution >= 4 is 44.9 Å². The molecule has 8 heteroatoms. The van der Waals surface area contributed by atoms with Crippen LogP contribution in [0.1, 0.15) is 106 Å². The van der Waals surface area contributed by atoms with Gasteiger partial charge in [0.2, 0.25) is 5.69 Å². The first-order chi connectivity index (χ1) is 27.2. The summed E-state index contributed by atoms with van der Waals surface area (Å²) >= 11 is 0. The van der Waals surface area contributed by atoms with Crippen molar-refractivity contribution in [3.63, 3.8) is 0 Å². The Balaban J connectivity index is 1.43. The number of nitrogens with zero attached hydrogens (tertiary/aromatic N) is 7. The number of aromatic nitrogens is 5. The molecule has 0 amide bonds. The number of para-hydroxylation sites is 3. The molecular weight excluding hydrogens is 715 g/mol.